The molecule has 0 bridgehead atoms. The first-order chi connectivity index (χ1) is 17.1. The van der Waals surface area contributed by atoms with Crippen molar-refractivity contribution < 1.29 is 15.0 Å². The third-order valence-electron chi connectivity index (χ3n) is 6.27. The summed E-state index contributed by atoms with van der Waals surface area (Å²) in [6.07, 6.45) is 6.93. The molecule has 0 unspecified atom stereocenters. The van der Waals surface area contributed by atoms with Crippen molar-refractivity contribution in [2.45, 2.75) is 52.7 Å². The fourth-order valence-corrected chi connectivity index (χ4v) is 6.56. The van der Waals surface area contributed by atoms with Gasteiger partial charge in [0.15, 0.2) is 14.7 Å². The van der Waals surface area contributed by atoms with Gasteiger partial charge in [0, 0.05) is 0 Å². The lowest BCUT2D eigenvalue weighted by Crippen LogP contribution is -2.07. The Labute approximate surface area is 210 Å². The van der Waals surface area contributed by atoms with E-state index >= 15 is 0 Å². The minimum Gasteiger partial charge on any atom is -0.872 e. The lowest BCUT2D eigenvalue weighted by Gasteiger charge is -2.22. The summed E-state index contributed by atoms with van der Waals surface area (Å²) in [6.45, 7) is 0. The van der Waals surface area contributed by atoms with Crippen molar-refractivity contribution in [3.8, 4) is 5.75 Å². The quantitative estimate of drug-likeness (QED) is 0.304. The van der Waals surface area contributed by atoms with E-state index in [0.29, 0.717) is 0 Å². The van der Waals surface area contributed by atoms with Crippen LogP contribution < -0.4 is 5.11 Å². The molecule has 1 N–H and O–H groups in total. The second-order valence-electron chi connectivity index (χ2n) is 8.64. The third kappa shape index (κ3) is 6.55. The standard InChI is InChI=1S/C24H25S.C7H6O3/c1-4-10-20(11-5-1)21-16-18-24(19-17-21)25(22-12-6-2-7-13-22)23-14-8-3-9-15-23;8-6-4-2-1-3-5(6)7(9)10/h2-3,6-9,12-20H,1,4-5,10-11H2;1-4,8H,(H,9,10)/q+1;/p-1. The Morgan fingerprint density at radius 3 is 1.63 bits per heavy atom. The van der Waals surface area contributed by atoms with E-state index in [0.717, 1.165) is 5.92 Å². The first-order valence-corrected chi connectivity index (χ1v) is 13.3. The van der Waals surface area contributed by atoms with Crippen LogP contribution in [0.25, 0.3) is 0 Å². The van der Waals surface area contributed by atoms with Gasteiger partial charge in [-0.2, -0.15) is 0 Å². The van der Waals surface area contributed by atoms with E-state index in [1.807, 2.05) is 0 Å². The van der Waals surface area contributed by atoms with E-state index in [1.54, 1.807) is 0 Å². The second-order valence-corrected chi connectivity index (χ2v) is 10.7. The molecule has 4 aromatic carbocycles. The molecule has 1 fully saturated rings. The zero-order chi connectivity index (χ0) is 24.5. The van der Waals surface area contributed by atoms with Gasteiger partial charge in [-0.1, -0.05) is 91.7 Å². The van der Waals surface area contributed by atoms with Crippen molar-refractivity contribution in [2.75, 3.05) is 0 Å². The van der Waals surface area contributed by atoms with Gasteiger partial charge in [-0.15, -0.1) is 0 Å². The largest absolute Gasteiger partial charge is 0.872 e. The topological polar surface area (TPSA) is 60.4 Å². The molecule has 0 aliphatic heterocycles. The highest BCUT2D eigenvalue weighted by molar-refractivity contribution is 7.97. The molecule has 35 heavy (non-hydrogen) atoms. The number of carbonyl (C=O) groups is 1. The Morgan fingerprint density at radius 2 is 1.14 bits per heavy atom. The molecular weight excluding hydrogens is 452 g/mol. The van der Waals surface area contributed by atoms with Gasteiger partial charge in [0.05, 0.1) is 16.5 Å². The Kier molecular flexibility index (Phi) is 8.63. The van der Waals surface area contributed by atoms with Crippen LogP contribution in [0.5, 0.6) is 5.75 Å². The van der Waals surface area contributed by atoms with Crippen LogP contribution in [0.1, 0.15) is 53.9 Å². The highest BCUT2D eigenvalue weighted by Crippen LogP contribution is 2.35. The number of rotatable bonds is 5. The summed E-state index contributed by atoms with van der Waals surface area (Å²) in [6, 6.07) is 36.9. The first-order valence-electron chi connectivity index (χ1n) is 12.1. The number of hydrogen-bond donors (Lipinski definition) is 1. The van der Waals surface area contributed by atoms with Gasteiger partial charge in [0.1, 0.15) is 0 Å². The molecule has 0 atom stereocenters. The molecule has 1 saturated carbocycles. The van der Waals surface area contributed by atoms with E-state index in [-0.39, 0.29) is 16.5 Å². The maximum atomic E-state index is 10.7. The summed E-state index contributed by atoms with van der Waals surface area (Å²) < 4.78 is 0. The Morgan fingerprint density at radius 1 is 0.657 bits per heavy atom. The molecule has 0 spiro atoms. The van der Waals surface area contributed by atoms with Crippen molar-refractivity contribution in [1.82, 2.24) is 0 Å². The van der Waals surface area contributed by atoms with Gasteiger partial charge in [0.2, 0.25) is 0 Å². The molecule has 1 aliphatic carbocycles. The Hall–Kier alpha value is -3.50. The van der Waals surface area contributed by atoms with Gasteiger partial charge >= 0.3 is 5.97 Å². The van der Waals surface area contributed by atoms with Gasteiger partial charge in [-0.3, -0.25) is 0 Å². The third-order valence-corrected chi connectivity index (χ3v) is 8.50. The van der Waals surface area contributed by atoms with E-state index in [1.165, 1.54) is 76.6 Å². The average molecular weight is 483 g/mol. The number of aromatic carboxylic acids is 1. The number of carboxylic acid groups (broad SMARTS) is 1. The number of hydrogen-bond acceptors (Lipinski definition) is 2. The lowest BCUT2D eigenvalue weighted by atomic mass is 9.84. The molecule has 4 aromatic rings. The molecule has 3 nitrogen and oxygen atoms in total. The maximum absolute atomic E-state index is 10.7. The van der Waals surface area contributed by atoms with Crippen molar-refractivity contribution >= 4 is 16.9 Å². The van der Waals surface area contributed by atoms with Gasteiger partial charge in [0.25, 0.3) is 0 Å². The van der Waals surface area contributed by atoms with Crippen LogP contribution >= 0.6 is 0 Å². The summed E-state index contributed by atoms with van der Waals surface area (Å²) in [7, 11) is -0.0278. The summed E-state index contributed by atoms with van der Waals surface area (Å²) in [4.78, 5) is 14.4. The smallest absolute Gasteiger partial charge is 0.335 e. The number of benzene rings is 4. The van der Waals surface area contributed by atoms with Crippen LogP contribution in [0.3, 0.4) is 0 Å². The average Bonchev–Trinajstić information content (AvgIpc) is 2.91. The first kappa shape index (κ1) is 24.6. The summed E-state index contributed by atoms with van der Waals surface area (Å²) in [5.74, 6) is -0.848. The van der Waals surface area contributed by atoms with Gasteiger partial charge in [-0.05, 0) is 66.8 Å². The maximum Gasteiger partial charge on any atom is 0.335 e. The fourth-order valence-electron chi connectivity index (χ4n) is 4.48. The summed E-state index contributed by atoms with van der Waals surface area (Å²) in [5.41, 5.74) is 1.36. The van der Waals surface area contributed by atoms with Gasteiger partial charge < -0.3 is 10.2 Å². The molecule has 0 heterocycles. The van der Waals surface area contributed by atoms with Gasteiger partial charge in [-0.25, -0.2) is 4.79 Å². The second kappa shape index (κ2) is 12.3. The molecule has 178 valence electrons. The Balaban J connectivity index is 0.000000243. The molecule has 4 heteroatoms. The van der Waals surface area contributed by atoms with E-state index in [4.69, 9.17) is 5.11 Å². The monoisotopic (exact) mass is 482 g/mol. The van der Waals surface area contributed by atoms with Crippen LogP contribution in [0, 0.1) is 0 Å². The minimum atomic E-state index is -1.18. The molecule has 0 radical (unpaired) electrons. The van der Waals surface area contributed by atoms with E-state index < -0.39 is 11.7 Å². The van der Waals surface area contributed by atoms with Crippen LogP contribution in [-0.4, -0.2) is 11.1 Å². The summed E-state index contributed by atoms with van der Waals surface area (Å²) in [5, 5.41) is 19.0. The molecule has 0 aromatic heterocycles. The van der Waals surface area contributed by atoms with Crippen molar-refractivity contribution in [3.05, 3.63) is 120 Å². The van der Waals surface area contributed by atoms with Crippen LogP contribution in [0.4, 0.5) is 0 Å². The molecule has 0 amide bonds. The zero-order valence-electron chi connectivity index (χ0n) is 19.7. The van der Waals surface area contributed by atoms with Crippen LogP contribution in [0.2, 0.25) is 0 Å². The van der Waals surface area contributed by atoms with Crippen LogP contribution in [0.15, 0.2) is 124 Å². The molecular formula is C31H30O3S. The predicted molar refractivity (Wildman–Crippen MR) is 140 cm³/mol. The predicted octanol–water partition coefficient (Wildman–Crippen LogP) is 7.29. The zero-order valence-corrected chi connectivity index (χ0v) is 20.5. The van der Waals surface area contributed by atoms with E-state index in [2.05, 4.69) is 84.9 Å². The highest BCUT2D eigenvalue weighted by Gasteiger charge is 2.28. The SMILES string of the molecule is O=C(O)c1ccccc1[O-].c1ccc([S+](c2ccccc2)c2ccc(C3CCCCC3)cc2)cc1. The minimum absolute atomic E-state index is 0.0278. The van der Waals surface area contributed by atoms with E-state index in [9.17, 15) is 9.90 Å². The van der Waals surface area contributed by atoms with Crippen LogP contribution in [-0.2, 0) is 10.9 Å². The number of para-hydroxylation sites is 1. The lowest BCUT2D eigenvalue weighted by molar-refractivity contribution is -0.268. The normalized spacial score (nSPS) is 13.6. The molecule has 5 rings (SSSR count). The number of carboxylic acids is 1. The fraction of sp³-hybridized carbons (Fsp3) is 0.194. The molecule has 1 aliphatic rings. The highest BCUT2D eigenvalue weighted by atomic mass is 32.2. The van der Waals surface area contributed by atoms with Crippen molar-refractivity contribution in [3.63, 3.8) is 0 Å². The Bertz CT molecular complexity index is 1160. The molecule has 0 saturated heterocycles. The van der Waals surface area contributed by atoms with Crippen molar-refractivity contribution in [1.29, 1.82) is 0 Å². The summed E-state index contributed by atoms with van der Waals surface area (Å²) >= 11 is 0. The van der Waals surface area contributed by atoms with Crippen molar-refractivity contribution in [2.24, 2.45) is 0 Å².